The van der Waals surface area contributed by atoms with E-state index in [0.717, 1.165) is 18.4 Å². The van der Waals surface area contributed by atoms with Gasteiger partial charge in [-0.05, 0) is 42.7 Å². The summed E-state index contributed by atoms with van der Waals surface area (Å²) in [5.41, 5.74) is 0.781. The Labute approximate surface area is 159 Å². The topological polar surface area (TPSA) is 57.7 Å². The highest BCUT2D eigenvalue weighted by atomic mass is 35.5. The molecule has 7 heteroatoms. The second kappa shape index (κ2) is 8.20. The van der Waals surface area contributed by atoms with Crippen molar-refractivity contribution in [2.75, 3.05) is 19.6 Å². The molecule has 1 aliphatic rings. The highest BCUT2D eigenvalue weighted by Crippen LogP contribution is 2.20. The Bertz CT molecular complexity index is 848. The number of hydrogen-bond acceptors (Lipinski definition) is 3. The molecule has 3 rings (SSSR count). The van der Waals surface area contributed by atoms with Crippen molar-refractivity contribution >= 4 is 27.5 Å². The first kappa shape index (κ1) is 18.9. The van der Waals surface area contributed by atoms with Crippen molar-refractivity contribution in [1.29, 1.82) is 0 Å². The van der Waals surface area contributed by atoms with E-state index in [-0.39, 0.29) is 23.9 Å². The molecule has 138 valence electrons. The molecule has 0 saturated carbocycles. The van der Waals surface area contributed by atoms with Crippen molar-refractivity contribution in [3.8, 4) is 0 Å². The number of nitrogens with zero attached hydrogens (tertiary/aromatic N) is 2. The maximum absolute atomic E-state index is 13.1. The summed E-state index contributed by atoms with van der Waals surface area (Å²) in [6, 6.07) is 15.2. The number of carbonyl (C=O) groups is 1. The van der Waals surface area contributed by atoms with E-state index in [9.17, 15) is 13.2 Å². The summed E-state index contributed by atoms with van der Waals surface area (Å²) in [6.45, 7) is 1.34. The third kappa shape index (κ3) is 4.44. The van der Waals surface area contributed by atoms with Crippen LogP contribution in [0, 0.1) is 0 Å². The fourth-order valence-corrected chi connectivity index (χ4v) is 4.50. The van der Waals surface area contributed by atoms with E-state index in [1.54, 1.807) is 59.5 Å². The van der Waals surface area contributed by atoms with Gasteiger partial charge in [0, 0.05) is 24.7 Å². The van der Waals surface area contributed by atoms with Gasteiger partial charge in [0.25, 0.3) is 0 Å². The van der Waals surface area contributed by atoms with Crippen molar-refractivity contribution in [2.24, 2.45) is 0 Å². The first-order valence-corrected chi connectivity index (χ1v) is 10.4. The number of rotatable bonds is 6. The predicted octanol–water partition coefficient (Wildman–Crippen LogP) is 3.15. The minimum Gasteiger partial charge on any atom is -0.342 e. The van der Waals surface area contributed by atoms with Crippen LogP contribution < -0.4 is 0 Å². The Morgan fingerprint density at radius 1 is 1.00 bits per heavy atom. The first-order valence-electron chi connectivity index (χ1n) is 8.54. The molecule has 1 aliphatic heterocycles. The summed E-state index contributed by atoms with van der Waals surface area (Å²) in [6.07, 6.45) is 1.93. The number of amides is 1. The van der Waals surface area contributed by atoms with Crippen LogP contribution in [-0.4, -0.2) is 43.2 Å². The molecule has 1 fully saturated rings. The van der Waals surface area contributed by atoms with Gasteiger partial charge in [-0.25, -0.2) is 8.42 Å². The van der Waals surface area contributed by atoms with Crippen LogP contribution >= 0.6 is 11.6 Å². The molecule has 0 radical (unpaired) electrons. The van der Waals surface area contributed by atoms with Crippen molar-refractivity contribution in [3.63, 3.8) is 0 Å². The zero-order chi connectivity index (χ0) is 18.6. The molecule has 0 aromatic heterocycles. The van der Waals surface area contributed by atoms with E-state index in [0.29, 0.717) is 18.1 Å². The average molecular weight is 393 g/mol. The molecule has 0 aliphatic carbocycles. The van der Waals surface area contributed by atoms with Crippen LogP contribution in [0.15, 0.2) is 59.5 Å². The fourth-order valence-electron chi connectivity index (χ4n) is 2.98. The molecule has 1 saturated heterocycles. The van der Waals surface area contributed by atoms with Crippen LogP contribution in [0.25, 0.3) is 0 Å². The third-order valence-corrected chi connectivity index (χ3v) is 6.48. The lowest BCUT2D eigenvalue weighted by Crippen LogP contribution is -2.41. The number of carbonyl (C=O) groups excluding carboxylic acids is 1. The van der Waals surface area contributed by atoms with E-state index < -0.39 is 10.0 Å². The lowest BCUT2D eigenvalue weighted by Gasteiger charge is -2.24. The van der Waals surface area contributed by atoms with Crippen LogP contribution in [0.4, 0.5) is 0 Å². The van der Waals surface area contributed by atoms with E-state index in [4.69, 9.17) is 11.6 Å². The first-order chi connectivity index (χ1) is 12.5. The molecule has 0 atom stereocenters. The van der Waals surface area contributed by atoms with Crippen LogP contribution in [0.1, 0.15) is 18.4 Å². The fraction of sp³-hybridized carbons (Fsp3) is 0.316. The molecule has 1 amide bonds. The predicted molar refractivity (Wildman–Crippen MR) is 101 cm³/mol. The second-order valence-electron chi connectivity index (χ2n) is 6.30. The molecular formula is C19H21ClN2O3S. The number of halogens is 1. The summed E-state index contributed by atoms with van der Waals surface area (Å²) in [5, 5.41) is 0.583. The Kier molecular flexibility index (Phi) is 5.96. The monoisotopic (exact) mass is 392 g/mol. The minimum atomic E-state index is -3.78. The average Bonchev–Trinajstić information content (AvgIpc) is 3.18. The number of likely N-dealkylation sites (tertiary alicyclic amines) is 1. The standard InChI is InChI=1S/C19H21ClN2O3S/c20-17-10-8-16(9-11-17)14-22(15-19(23)21-12-4-5-13-21)26(24,25)18-6-2-1-3-7-18/h1-3,6-11H,4-5,12-15H2. The summed E-state index contributed by atoms with van der Waals surface area (Å²) < 4.78 is 27.4. The largest absolute Gasteiger partial charge is 0.342 e. The zero-order valence-electron chi connectivity index (χ0n) is 14.3. The Morgan fingerprint density at radius 3 is 2.23 bits per heavy atom. The van der Waals surface area contributed by atoms with Crippen LogP contribution in [-0.2, 0) is 21.4 Å². The van der Waals surface area contributed by atoms with Gasteiger partial charge in [0.2, 0.25) is 15.9 Å². The molecule has 0 N–H and O–H groups in total. The molecular weight excluding hydrogens is 372 g/mol. The minimum absolute atomic E-state index is 0.119. The van der Waals surface area contributed by atoms with Gasteiger partial charge in [-0.15, -0.1) is 0 Å². The third-order valence-electron chi connectivity index (χ3n) is 4.42. The van der Waals surface area contributed by atoms with Gasteiger partial charge in [-0.2, -0.15) is 4.31 Å². The van der Waals surface area contributed by atoms with E-state index in [1.807, 2.05) is 0 Å². The SMILES string of the molecule is O=C(CN(Cc1ccc(Cl)cc1)S(=O)(=O)c1ccccc1)N1CCCC1. The normalized spacial score (nSPS) is 14.8. The molecule has 2 aromatic carbocycles. The second-order valence-corrected chi connectivity index (χ2v) is 8.67. The highest BCUT2D eigenvalue weighted by Gasteiger charge is 2.29. The summed E-state index contributed by atoms with van der Waals surface area (Å²) in [4.78, 5) is 14.5. The maximum atomic E-state index is 13.1. The number of hydrogen-bond donors (Lipinski definition) is 0. The van der Waals surface area contributed by atoms with Crippen molar-refractivity contribution in [2.45, 2.75) is 24.3 Å². The molecule has 1 heterocycles. The molecule has 2 aromatic rings. The van der Waals surface area contributed by atoms with E-state index >= 15 is 0 Å². The van der Waals surface area contributed by atoms with Crippen molar-refractivity contribution in [1.82, 2.24) is 9.21 Å². The lowest BCUT2D eigenvalue weighted by molar-refractivity contribution is -0.130. The van der Waals surface area contributed by atoms with Gasteiger partial charge in [0.05, 0.1) is 11.4 Å². The molecule has 26 heavy (non-hydrogen) atoms. The smallest absolute Gasteiger partial charge is 0.243 e. The van der Waals surface area contributed by atoms with Gasteiger partial charge in [0.1, 0.15) is 0 Å². The Hall–Kier alpha value is -1.89. The van der Waals surface area contributed by atoms with Crippen LogP contribution in [0.3, 0.4) is 0 Å². The zero-order valence-corrected chi connectivity index (χ0v) is 15.9. The number of benzene rings is 2. The highest BCUT2D eigenvalue weighted by molar-refractivity contribution is 7.89. The maximum Gasteiger partial charge on any atom is 0.243 e. The lowest BCUT2D eigenvalue weighted by atomic mass is 10.2. The van der Waals surface area contributed by atoms with Crippen molar-refractivity contribution < 1.29 is 13.2 Å². The summed E-state index contributed by atoms with van der Waals surface area (Å²) in [7, 11) is -3.78. The Balaban J connectivity index is 1.87. The summed E-state index contributed by atoms with van der Waals surface area (Å²) in [5.74, 6) is -0.157. The molecule has 0 unspecified atom stereocenters. The summed E-state index contributed by atoms with van der Waals surface area (Å²) >= 11 is 5.91. The molecule has 5 nitrogen and oxygen atoms in total. The van der Waals surface area contributed by atoms with Gasteiger partial charge in [-0.1, -0.05) is 41.9 Å². The Morgan fingerprint density at radius 2 is 1.62 bits per heavy atom. The van der Waals surface area contributed by atoms with Crippen LogP contribution in [0.2, 0.25) is 5.02 Å². The molecule has 0 bridgehead atoms. The van der Waals surface area contributed by atoms with Crippen molar-refractivity contribution in [3.05, 3.63) is 65.2 Å². The van der Waals surface area contributed by atoms with Gasteiger partial charge >= 0.3 is 0 Å². The number of sulfonamides is 1. The van der Waals surface area contributed by atoms with Gasteiger partial charge in [0.15, 0.2) is 0 Å². The van der Waals surface area contributed by atoms with Gasteiger partial charge in [-0.3, -0.25) is 4.79 Å². The van der Waals surface area contributed by atoms with E-state index in [2.05, 4.69) is 0 Å². The van der Waals surface area contributed by atoms with Gasteiger partial charge < -0.3 is 4.90 Å². The quantitative estimate of drug-likeness (QED) is 0.758. The molecule has 0 spiro atoms. The van der Waals surface area contributed by atoms with Crippen LogP contribution in [0.5, 0.6) is 0 Å². The van der Waals surface area contributed by atoms with E-state index in [1.165, 1.54) is 4.31 Å².